The van der Waals surface area contributed by atoms with Crippen molar-refractivity contribution in [1.82, 2.24) is 15.3 Å². The number of carbonyl (C=O) groups excluding carboxylic acids is 1. The molecule has 5 nitrogen and oxygen atoms in total. The monoisotopic (exact) mass is 405 g/mol. The Labute approximate surface area is 135 Å². The molecule has 2 N–H and O–H groups in total. The topological polar surface area (TPSA) is 67.0 Å². The molecule has 7 heteroatoms. The molecular formula is C13H13ClIN3O2. The van der Waals surface area contributed by atoms with Gasteiger partial charge in [0.15, 0.2) is 0 Å². The standard InChI is InChI=1S/C13H13ClIN3O2/c1-20-11-7-10(15)9(14)6-8(11)13(19)18-3-2-12-16-4-5-17-12/h4-7H,2-3H2,1H3,(H,16,17)(H,18,19). The van der Waals surface area contributed by atoms with Crippen molar-refractivity contribution >= 4 is 40.1 Å². The Kier molecular flexibility index (Phi) is 5.24. The summed E-state index contributed by atoms with van der Waals surface area (Å²) in [7, 11) is 1.53. The third-order valence-corrected chi connectivity index (χ3v) is 4.21. The Morgan fingerprint density at radius 1 is 1.55 bits per heavy atom. The predicted molar refractivity (Wildman–Crippen MR) is 85.3 cm³/mol. The van der Waals surface area contributed by atoms with Crippen LogP contribution in [0.2, 0.25) is 5.02 Å². The van der Waals surface area contributed by atoms with Gasteiger partial charge in [-0.1, -0.05) is 11.6 Å². The largest absolute Gasteiger partial charge is 0.496 e. The number of nitrogens with zero attached hydrogens (tertiary/aromatic N) is 1. The van der Waals surface area contributed by atoms with Gasteiger partial charge in [-0.25, -0.2) is 4.98 Å². The van der Waals surface area contributed by atoms with Gasteiger partial charge in [0.05, 0.1) is 17.7 Å². The summed E-state index contributed by atoms with van der Waals surface area (Å²) in [5.41, 5.74) is 0.428. The number of ether oxygens (including phenoxy) is 1. The molecule has 0 unspecified atom stereocenters. The minimum absolute atomic E-state index is 0.216. The first-order valence-corrected chi connectivity index (χ1v) is 7.37. The fourth-order valence-corrected chi connectivity index (χ4v) is 2.30. The molecule has 0 bridgehead atoms. The molecule has 0 saturated heterocycles. The summed E-state index contributed by atoms with van der Waals surface area (Å²) in [4.78, 5) is 19.2. The molecule has 106 valence electrons. The van der Waals surface area contributed by atoms with E-state index in [2.05, 4.69) is 37.9 Å². The first-order valence-electron chi connectivity index (χ1n) is 5.91. The molecule has 0 aliphatic carbocycles. The minimum atomic E-state index is -0.216. The van der Waals surface area contributed by atoms with Crippen LogP contribution in [0, 0.1) is 3.57 Å². The number of imidazole rings is 1. The van der Waals surface area contributed by atoms with Crippen LogP contribution >= 0.6 is 34.2 Å². The number of hydrogen-bond acceptors (Lipinski definition) is 3. The molecule has 0 fully saturated rings. The summed E-state index contributed by atoms with van der Waals surface area (Å²) >= 11 is 8.14. The summed E-state index contributed by atoms with van der Waals surface area (Å²) in [5, 5.41) is 3.35. The lowest BCUT2D eigenvalue weighted by Gasteiger charge is -2.10. The lowest BCUT2D eigenvalue weighted by atomic mass is 10.2. The summed E-state index contributed by atoms with van der Waals surface area (Å²) in [6, 6.07) is 3.36. The molecule has 0 saturated carbocycles. The van der Waals surface area contributed by atoms with Gasteiger partial charge in [0.2, 0.25) is 0 Å². The van der Waals surface area contributed by atoms with Crippen molar-refractivity contribution in [2.45, 2.75) is 6.42 Å². The molecule has 0 aliphatic rings. The molecule has 1 aromatic heterocycles. The number of benzene rings is 1. The normalized spacial score (nSPS) is 10.3. The van der Waals surface area contributed by atoms with Crippen LogP contribution in [-0.4, -0.2) is 29.5 Å². The number of aromatic nitrogens is 2. The third kappa shape index (κ3) is 3.63. The van der Waals surface area contributed by atoms with E-state index in [4.69, 9.17) is 16.3 Å². The lowest BCUT2D eigenvalue weighted by Crippen LogP contribution is -2.26. The van der Waals surface area contributed by atoms with Crippen LogP contribution in [0.5, 0.6) is 5.75 Å². The Morgan fingerprint density at radius 3 is 3.00 bits per heavy atom. The predicted octanol–water partition coefficient (Wildman–Crippen LogP) is 2.65. The zero-order valence-corrected chi connectivity index (χ0v) is 13.7. The van der Waals surface area contributed by atoms with Gasteiger partial charge in [-0.2, -0.15) is 0 Å². The molecule has 2 aromatic rings. The van der Waals surface area contributed by atoms with Gasteiger partial charge >= 0.3 is 0 Å². The zero-order valence-electron chi connectivity index (χ0n) is 10.7. The van der Waals surface area contributed by atoms with E-state index in [0.717, 1.165) is 9.39 Å². The first kappa shape index (κ1) is 15.1. The van der Waals surface area contributed by atoms with Crippen molar-refractivity contribution in [3.8, 4) is 5.75 Å². The van der Waals surface area contributed by atoms with E-state index < -0.39 is 0 Å². The lowest BCUT2D eigenvalue weighted by molar-refractivity contribution is 0.0951. The van der Waals surface area contributed by atoms with E-state index in [1.165, 1.54) is 7.11 Å². The van der Waals surface area contributed by atoms with E-state index in [0.29, 0.717) is 29.3 Å². The second-order valence-electron chi connectivity index (χ2n) is 4.01. The number of aromatic amines is 1. The van der Waals surface area contributed by atoms with Crippen molar-refractivity contribution in [3.63, 3.8) is 0 Å². The highest BCUT2D eigenvalue weighted by Crippen LogP contribution is 2.28. The van der Waals surface area contributed by atoms with Crippen LogP contribution in [0.15, 0.2) is 24.5 Å². The molecule has 0 aliphatic heterocycles. The van der Waals surface area contributed by atoms with Crippen molar-refractivity contribution in [1.29, 1.82) is 0 Å². The summed E-state index contributed by atoms with van der Waals surface area (Å²) in [6.07, 6.45) is 4.07. The number of halogens is 2. The van der Waals surface area contributed by atoms with E-state index in [1.807, 2.05) is 0 Å². The van der Waals surface area contributed by atoms with Gasteiger partial charge in [0.1, 0.15) is 11.6 Å². The molecule has 0 radical (unpaired) electrons. The number of methoxy groups -OCH3 is 1. The van der Waals surface area contributed by atoms with Gasteiger partial charge in [-0.3, -0.25) is 4.79 Å². The summed E-state index contributed by atoms with van der Waals surface area (Å²) < 4.78 is 6.05. The Morgan fingerprint density at radius 2 is 2.35 bits per heavy atom. The van der Waals surface area contributed by atoms with E-state index >= 15 is 0 Å². The SMILES string of the molecule is COc1cc(I)c(Cl)cc1C(=O)NCCc1ncc[nH]1. The van der Waals surface area contributed by atoms with E-state index in [1.54, 1.807) is 24.5 Å². The van der Waals surface area contributed by atoms with Crippen LogP contribution in [0.4, 0.5) is 0 Å². The van der Waals surface area contributed by atoms with Gasteiger partial charge in [-0.05, 0) is 34.7 Å². The van der Waals surface area contributed by atoms with Gasteiger partial charge in [0.25, 0.3) is 5.91 Å². The number of H-pyrrole nitrogens is 1. The first-order chi connectivity index (χ1) is 9.61. The van der Waals surface area contributed by atoms with Crippen LogP contribution in [0.1, 0.15) is 16.2 Å². The van der Waals surface area contributed by atoms with Gasteiger partial charge in [0, 0.05) is 28.9 Å². The highest BCUT2D eigenvalue weighted by atomic mass is 127. The molecule has 1 amide bonds. The number of carbonyl (C=O) groups is 1. The van der Waals surface area contributed by atoms with Crippen LogP contribution in [0.3, 0.4) is 0 Å². The maximum absolute atomic E-state index is 12.1. The second-order valence-corrected chi connectivity index (χ2v) is 5.58. The average Bonchev–Trinajstić information content (AvgIpc) is 2.94. The van der Waals surface area contributed by atoms with Crippen LogP contribution in [0.25, 0.3) is 0 Å². The number of rotatable bonds is 5. The van der Waals surface area contributed by atoms with E-state index in [-0.39, 0.29) is 5.91 Å². The molecule has 1 aromatic carbocycles. The Bertz CT molecular complexity index is 602. The fourth-order valence-electron chi connectivity index (χ4n) is 1.70. The summed E-state index contributed by atoms with van der Waals surface area (Å²) in [6.45, 7) is 0.485. The van der Waals surface area contributed by atoms with Crippen molar-refractivity contribution < 1.29 is 9.53 Å². The minimum Gasteiger partial charge on any atom is -0.496 e. The number of hydrogen-bond donors (Lipinski definition) is 2. The summed E-state index contributed by atoms with van der Waals surface area (Å²) in [5.74, 6) is 1.12. The maximum Gasteiger partial charge on any atom is 0.255 e. The molecule has 2 rings (SSSR count). The highest BCUT2D eigenvalue weighted by molar-refractivity contribution is 14.1. The molecule has 0 atom stereocenters. The zero-order chi connectivity index (χ0) is 14.5. The van der Waals surface area contributed by atoms with Gasteiger partial charge in [-0.15, -0.1) is 0 Å². The van der Waals surface area contributed by atoms with Gasteiger partial charge < -0.3 is 15.0 Å². The van der Waals surface area contributed by atoms with Crippen LogP contribution < -0.4 is 10.1 Å². The van der Waals surface area contributed by atoms with Crippen molar-refractivity contribution in [2.75, 3.05) is 13.7 Å². The van der Waals surface area contributed by atoms with Crippen molar-refractivity contribution in [2.24, 2.45) is 0 Å². The average molecular weight is 406 g/mol. The molecular weight excluding hydrogens is 393 g/mol. The number of nitrogens with one attached hydrogen (secondary N) is 2. The highest BCUT2D eigenvalue weighted by Gasteiger charge is 2.14. The Hall–Kier alpha value is -1.28. The van der Waals surface area contributed by atoms with Crippen molar-refractivity contribution in [3.05, 3.63) is 44.5 Å². The number of amides is 1. The fraction of sp³-hybridized carbons (Fsp3) is 0.231. The van der Waals surface area contributed by atoms with Crippen LogP contribution in [-0.2, 0) is 6.42 Å². The van der Waals surface area contributed by atoms with E-state index in [9.17, 15) is 4.79 Å². The quantitative estimate of drug-likeness (QED) is 0.752. The third-order valence-electron chi connectivity index (χ3n) is 2.69. The Balaban J connectivity index is 2.03. The smallest absolute Gasteiger partial charge is 0.255 e. The molecule has 0 spiro atoms. The maximum atomic E-state index is 12.1. The second kappa shape index (κ2) is 6.94. The molecule has 1 heterocycles. The molecule has 20 heavy (non-hydrogen) atoms.